The standard InChI is InChI=1S/C21H28N4O2/c1-16-14-22-25(15-16)20-8-4-18(5-9-20)23-21(26)17-2-6-19(7-3-17)24-10-12-27-13-11-24/h2-3,6-7,14-15,18,20H,4-5,8-13H2,1H3,(H,23,26). The summed E-state index contributed by atoms with van der Waals surface area (Å²) in [6, 6.07) is 8.65. The fourth-order valence-electron chi connectivity index (χ4n) is 4.03. The van der Waals surface area contributed by atoms with Crippen molar-refractivity contribution in [2.75, 3.05) is 31.2 Å². The first-order valence-corrected chi connectivity index (χ1v) is 9.93. The van der Waals surface area contributed by atoms with Gasteiger partial charge >= 0.3 is 0 Å². The molecule has 1 saturated heterocycles. The van der Waals surface area contributed by atoms with E-state index in [4.69, 9.17) is 4.74 Å². The highest BCUT2D eigenvalue weighted by Gasteiger charge is 2.24. The van der Waals surface area contributed by atoms with Crippen LogP contribution < -0.4 is 10.2 Å². The number of amides is 1. The van der Waals surface area contributed by atoms with E-state index in [0.29, 0.717) is 6.04 Å². The lowest BCUT2D eigenvalue weighted by Crippen LogP contribution is -2.38. The molecule has 1 N–H and O–H groups in total. The molecule has 0 bridgehead atoms. The molecule has 1 saturated carbocycles. The number of aromatic nitrogens is 2. The van der Waals surface area contributed by atoms with Gasteiger partial charge in [0, 0.05) is 36.6 Å². The first-order valence-electron chi connectivity index (χ1n) is 9.93. The summed E-state index contributed by atoms with van der Waals surface area (Å²) in [5.74, 6) is 0.0295. The van der Waals surface area contributed by atoms with Crippen molar-refractivity contribution in [1.82, 2.24) is 15.1 Å². The Bertz CT molecular complexity index is 757. The highest BCUT2D eigenvalue weighted by atomic mass is 16.5. The number of carbonyl (C=O) groups is 1. The predicted octanol–water partition coefficient (Wildman–Crippen LogP) is 2.94. The van der Waals surface area contributed by atoms with Gasteiger partial charge in [0.05, 0.1) is 25.5 Å². The molecule has 0 atom stereocenters. The van der Waals surface area contributed by atoms with Gasteiger partial charge in [-0.25, -0.2) is 0 Å². The molecule has 1 aliphatic heterocycles. The second-order valence-corrected chi connectivity index (χ2v) is 7.62. The number of nitrogens with one attached hydrogen (secondary N) is 1. The summed E-state index contributed by atoms with van der Waals surface area (Å²) in [7, 11) is 0. The summed E-state index contributed by atoms with van der Waals surface area (Å²) < 4.78 is 7.47. The van der Waals surface area contributed by atoms with Gasteiger partial charge in [-0.2, -0.15) is 5.10 Å². The molecule has 6 heteroatoms. The van der Waals surface area contributed by atoms with Crippen molar-refractivity contribution >= 4 is 11.6 Å². The Morgan fingerprint density at radius 1 is 1.11 bits per heavy atom. The molecule has 1 aromatic carbocycles. The molecule has 144 valence electrons. The van der Waals surface area contributed by atoms with Crippen molar-refractivity contribution in [1.29, 1.82) is 0 Å². The van der Waals surface area contributed by atoms with E-state index in [0.717, 1.165) is 63.2 Å². The molecule has 1 amide bonds. The number of carbonyl (C=O) groups excluding carboxylic acids is 1. The van der Waals surface area contributed by atoms with Crippen LogP contribution in [-0.4, -0.2) is 48.0 Å². The molecular weight excluding hydrogens is 340 g/mol. The van der Waals surface area contributed by atoms with Crippen molar-refractivity contribution in [2.45, 2.75) is 44.7 Å². The highest BCUT2D eigenvalue weighted by Crippen LogP contribution is 2.28. The van der Waals surface area contributed by atoms with Gasteiger partial charge in [0.1, 0.15) is 0 Å². The van der Waals surface area contributed by atoms with E-state index in [2.05, 4.69) is 33.1 Å². The minimum absolute atomic E-state index is 0.0295. The van der Waals surface area contributed by atoms with Crippen LogP contribution in [0, 0.1) is 6.92 Å². The number of nitrogens with zero attached hydrogens (tertiary/aromatic N) is 3. The quantitative estimate of drug-likeness (QED) is 0.901. The van der Waals surface area contributed by atoms with Crippen molar-refractivity contribution in [2.24, 2.45) is 0 Å². The largest absolute Gasteiger partial charge is 0.378 e. The Hall–Kier alpha value is -2.34. The summed E-state index contributed by atoms with van der Waals surface area (Å²) in [6.07, 6.45) is 8.14. The molecule has 2 heterocycles. The zero-order chi connectivity index (χ0) is 18.6. The number of hydrogen-bond donors (Lipinski definition) is 1. The van der Waals surface area contributed by atoms with Gasteiger partial charge in [-0.1, -0.05) is 0 Å². The monoisotopic (exact) mass is 368 g/mol. The van der Waals surface area contributed by atoms with E-state index in [9.17, 15) is 4.79 Å². The fraction of sp³-hybridized carbons (Fsp3) is 0.524. The van der Waals surface area contributed by atoms with E-state index in [1.807, 2.05) is 30.5 Å². The average molecular weight is 368 g/mol. The molecule has 0 radical (unpaired) electrons. The van der Waals surface area contributed by atoms with E-state index in [1.54, 1.807) is 0 Å². The Kier molecular flexibility index (Phi) is 5.43. The van der Waals surface area contributed by atoms with Crippen molar-refractivity contribution in [3.8, 4) is 0 Å². The average Bonchev–Trinajstić information content (AvgIpc) is 3.16. The lowest BCUT2D eigenvalue weighted by molar-refractivity contribution is 0.0921. The van der Waals surface area contributed by atoms with Crippen LogP contribution in [0.4, 0.5) is 5.69 Å². The lowest BCUT2D eigenvalue weighted by atomic mass is 9.91. The minimum atomic E-state index is 0.0295. The number of aryl methyl sites for hydroxylation is 1. The molecule has 27 heavy (non-hydrogen) atoms. The van der Waals surface area contributed by atoms with Crippen LogP contribution in [0.5, 0.6) is 0 Å². The normalized spacial score (nSPS) is 23.2. The SMILES string of the molecule is Cc1cnn(C2CCC(NC(=O)c3ccc(N4CCOCC4)cc3)CC2)c1. The van der Waals surface area contributed by atoms with Crippen LogP contribution in [0.2, 0.25) is 0 Å². The number of benzene rings is 1. The van der Waals surface area contributed by atoms with Crippen LogP contribution in [0.1, 0.15) is 47.6 Å². The molecule has 0 spiro atoms. The summed E-state index contributed by atoms with van der Waals surface area (Å²) in [5.41, 5.74) is 3.09. The first-order chi connectivity index (χ1) is 13.2. The number of ether oxygens (including phenoxy) is 1. The zero-order valence-corrected chi connectivity index (χ0v) is 15.9. The Morgan fingerprint density at radius 3 is 2.44 bits per heavy atom. The third-order valence-electron chi connectivity index (χ3n) is 5.64. The third kappa shape index (κ3) is 4.33. The van der Waals surface area contributed by atoms with Crippen LogP contribution in [0.3, 0.4) is 0 Å². The number of anilines is 1. The van der Waals surface area contributed by atoms with Gasteiger partial charge in [0.2, 0.25) is 0 Å². The minimum Gasteiger partial charge on any atom is -0.378 e. The summed E-state index contributed by atoms with van der Waals surface area (Å²) in [5, 5.41) is 7.65. The van der Waals surface area contributed by atoms with E-state index >= 15 is 0 Å². The topological polar surface area (TPSA) is 59.4 Å². The number of morpholine rings is 1. The Balaban J connectivity index is 1.29. The van der Waals surface area contributed by atoms with Crippen LogP contribution in [0.15, 0.2) is 36.7 Å². The summed E-state index contributed by atoms with van der Waals surface area (Å²) in [6.45, 7) is 5.42. The zero-order valence-electron chi connectivity index (χ0n) is 15.9. The second kappa shape index (κ2) is 8.13. The van der Waals surface area contributed by atoms with E-state index in [-0.39, 0.29) is 11.9 Å². The maximum absolute atomic E-state index is 12.6. The highest BCUT2D eigenvalue weighted by molar-refractivity contribution is 5.94. The summed E-state index contributed by atoms with van der Waals surface area (Å²) >= 11 is 0. The van der Waals surface area contributed by atoms with E-state index < -0.39 is 0 Å². The van der Waals surface area contributed by atoms with E-state index in [1.165, 1.54) is 5.56 Å². The molecule has 2 aromatic rings. The van der Waals surface area contributed by atoms with Crippen LogP contribution >= 0.6 is 0 Å². The molecule has 2 aliphatic rings. The molecule has 1 aromatic heterocycles. The molecule has 0 unspecified atom stereocenters. The van der Waals surface area contributed by atoms with Crippen molar-refractivity contribution in [3.63, 3.8) is 0 Å². The second-order valence-electron chi connectivity index (χ2n) is 7.62. The Morgan fingerprint density at radius 2 is 1.81 bits per heavy atom. The van der Waals surface area contributed by atoms with Crippen molar-refractivity contribution in [3.05, 3.63) is 47.8 Å². The molecule has 1 aliphatic carbocycles. The fourth-order valence-corrected chi connectivity index (χ4v) is 4.03. The van der Waals surface area contributed by atoms with Crippen LogP contribution in [-0.2, 0) is 4.74 Å². The third-order valence-corrected chi connectivity index (χ3v) is 5.64. The van der Waals surface area contributed by atoms with Gasteiger partial charge < -0.3 is 15.0 Å². The maximum Gasteiger partial charge on any atom is 0.251 e. The number of hydrogen-bond acceptors (Lipinski definition) is 4. The predicted molar refractivity (Wildman–Crippen MR) is 105 cm³/mol. The van der Waals surface area contributed by atoms with Crippen LogP contribution in [0.25, 0.3) is 0 Å². The molecular formula is C21H28N4O2. The lowest BCUT2D eigenvalue weighted by Gasteiger charge is -2.30. The first kappa shape index (κ1) is 18.0. The van der Waals surface area contributed by atoms with Gasteiger partial charge in [0.15, 0.2) is 0 Å². The van der Waals surface area contributed by atoms with Crippen molar-refractivity contribution < 1.29 is 9.53 Å². The Labute approximate surface area is 160 Å². The van der Waals surface area contributed by atoms with Gasteiger partial charge in [-0.3, -0.25) is 9.48 Å². The number of rotatable bonds is 4. The maximum atomic E-state index is 12.6. The molecule has 4 rings (SSSR count). The smallest absolute Gasteiger partial charge is 0.251 e. The van der Waals surface area contributed by atoms with Gasteiger partial charge in [-0.15, -0.1) is 0 Å². The molecule has 2 fully saturated rings. The van der Waals surface area contributed by atoms with Gasteiger partial charge in [-0.05, 0) is 62.4 Å². The van der Waals surface area contributed by atoms with Gasteiger partial charge in [0.25, 0.3) is 5.91 Å². The summed E-state index contributed by atoms with van der Waals surface area (Å²) in [4.78, 5) is 14.9. The molecule has 6 nitrogen and oxygen atoms in total.